The van der Waals surface area contributed by atoms with E-state index < -0.39 is 0 Å². The Balaban J connectivity index is 2.06. The van der Waals surface area contributed by atoms with Crippen LogP contribution in [0.1, 0.15) is 6.42 Å². The van der Waals surface area contributed by atoms with Crippen LogP contribution in [-0.4, -0.2) is 25.9 Å². The molecule has 0 aromatic rings. The third kappa shape index (κ3) is 2.05. The van der Waals surface area contributed by atoms with Gasteiger partial charge in [-0.05, 0) is 6.42 Å². The van der Waals surface area contributed by atoms with Gasteiger partial charge < -0.3 is 9.47 Å². The standard InChI is InChI=1S/C7H10O2/c1-2-4-9-7-3-5-8-6-7/h1,7H,3-6H2/t7-/m1/s1. The molecule has 0 amide bonds. The van der Waals surface area contributed by atoms with Gasteiger partial charge in [0.2, 0.25) is 0 Å². The third-order valence-electron chi connectivity index (χ3n) is 1.29. The second-order valence-electron chi connectivity index (χ2n) is 2.00. The molecular formula is C7H10O2. The van der Waals surface area contributed by atoms with Gasteiger partial charge in [-0.3, -0.25) is 0 Å². The number of terminal acetylenes is 1. The van der Waals surface area contributed by atoms with Crippen molar-refractivity contribution in [2.75, 3.05) is 19.8 Å². The van der Waals surface area contributed by atoms with Crippen molar-refractivity contribution in [3.05, 3.63) is 0 Å². The predicted molar refractivity (Wildman–Crippen MR) is 34.0 cm³/mol. The lowest BCUT2D eigenvalue weighted by molar-refractivity contribution is 0.0632. The summed E-state index contributed by atoms with van der Waals surface area (Å²) in [5.41, 5.74) is 0. The summed E-state index contributed by atoms with van der Waals surface area (Å²) in [5, 5.41) is 0. The lowest BCUT2D eigenvalue weighted by Gasteiger charge is -2.04. The molecule has 50 valence electrons. The van der Waals surface area contributed by atoms with Crippen molar-refractivity contribution < 1.29 is 9.47 Å². The van der Waals surface area contributed by atoms with Gasteiger partial charge >= 0.3 is 0 Å². The summed E-state index contributed by atoms with van der Waals surface area (Å²) in [5.74, 6) is 2.42. The Labute approximate surface area is 55.1 Å². The molecular weight excluding hydrogens is 116 g/mol. The maximum absolute atomic E-state index is 5.19. The van der Waals surface area contributed by atoms with E-state index in [-0.39, 0.29) is 6.10 Å². The van der Waals surface area contributed by atoms with E-state index in [1.54, 1.807) is 0 Å². The maximum atomic E-state index is 5.19. The first-order valence-electron chi connectivity index (χ1n) is 3.06. The SMILES string of the molecule is C#CCO[C@@H]1CCOC1. The highest BCUT2D eigenvalue weighted by Crippen LogP contribution is 2.06. The number of ether oxygens (including phenoxy) is 2. The summed E-state index contributed by atoms with van der Waals surface area (Å²) in [6.45, 7) is 1.94. The molecule has 2 heteroatoms. The van der Waals surface area contributed by atoms with Gasteiger partial charge in [-0.2, -0.15) is 0 Å². The molecule has 0 spiro atoms. The van der Waals surface area contributed by atoms with Crippen molar-refractivity contribution in [2.45, 2.75) is 12.5 Å². The Hall–Kier alpha value is -0.520. The number of hydrogen-bond donors (Lipinski definition) is 0. The van der Waals surface area contributed by atoms with Crippen molar-refractivity contribution in [2.24, 2.45) is 0 Å². The van der Waals surface area contributed by atoms with Crippen LogP contribution >= 0.6 is 0 Å². The zero-order chi connectivity index (χ0) is 6.53. The average Bonchev–Trinajstić information content (AvgIpc) is 2.34. The van der Waals surface area contributed by atoms with Crippen LogP contribution in [0.3, 0.4) is 0 Å². The number of hydrogen-bond acceptors (Lipinski definition) is 2. The van der Waals surface area contributed by atoms with Crippen LogP contribution in [0.15, 0.2) is 0 Å². The lowest BCUT2D eigenvalue weighted by Crippen LogP contribution is -2.11. The Kier molecular flexibility index (Phi) is 2.56. The fourth-order valence-corrected chi connectivity index (χ4v) is 0.810. The molecule has 0 saturated carbocycles. The molecule has 1 atom stereocenters. The van der Waals surface area contributed by atoms with Gasteiger partial charge in [-0.15, -0.1) is 6.42 Å². The van der Waals surface area contributed by atoms with Gasteiger partial charge in [0.05, 0.1) is 12.7 Å². The van der Waals surface area contributed by atoms with Gasteiger partial charge in [0.25, 0.3) is 0 Å². The molecule has 0 aromatic carbocycles. The molecule has 1 aliphatic rings. The summed E-state index contributed by atoms with van der Waals surface area (Å²) in [6, 6.07) is 0. The summed E-state index contributed by atoms with van der Waals surface area (Å²) in [4.78, 5) is 0. The molecule has 0 N–H and O–H groups in total. The Morgan fingerprint density at radius 1 is 1.78 bits per heavy atom. The number of rotatable bonds is 2. The van der Waals surface area contributed by atoms with Crippen LogP contribution in [0.25, 0.3) is 0 Å². The minimum Gasteiger partial charge on any atom is -0.379 e. The lowest BCUT2D eigenvalue weighted by atomic mass is 10.3. The van der Waals surface area contributed by atoms with E-state index in [0.29, 0.717) is 13.2 Å². The molecule has 1 fully saturated rings. The van der Waals surface area contributed by atoms with E-state index in [4.69, 9.17) is 15.9 Å². The smallest absolute Gasteiger partial charge is 0.107 e. The molecule has 1 aliphatic heterocycles. The first kappa shape index (κ1) is 6.60. The third-order valence-corrected chi connectivity index (χ3v) is 1.29. The van der Waals surface area contributed by atoms with Crippen molar-refractivity contribution in [3.63, 3.8) is 0 Å². The van der Waals surface area contributed by atoms with Crippen LogP contribution in [-0.2, 0) is 9.47 Å². The average molecular weight is 126 g/mol. The molecule has 1 saturated heterocycles. The molecule has 1 rings (SSSR count). The molecule has 9 heavy (non-hydrogen) atoms. The highest BCUT2D eigenvalue weighted by Gasteiger charge is 2.14. The summed E-state index contributed by atoms with van der Waals surface area (Å²) >= 11 is 0. The first-order valence-corrected chi connectivity index (χ1v) is 3.06. The minimum absolute atomic E-state index is 0.251. The normalized spacial score (nSPS) is 25.9. The quantitative estimate of drug-likeness (QED) is 0.499. The van der Waals surface area contributed by atoms with Crippen molar-refractivity contribution >= 4 is 0 Å². The van der Waals surface area contributed by atoms with Crippen molar-refractivity contribution in [3.8, 4) is 12.3 Å². The van der Waals surface area contributed by atoms with Crippen molar-refractivity contribution in [1.82, 2.24) is 0 Å². The van der Waals surface area contributed by atoms with Crippen LogP contribution in [0.5, 0.6) is 0 Å². The second kappa shape index (κ2) is 3.49. The summed E-state index contributed by atoms with van der Waals surface area (Å²) in [7, 11) is 0. The molecule has 2 nitrogen and oxygen atoms in total. The van der Waals surface area contributed by atoms with Crippen LogP contribution < -0.4 is 0 Å². The van der Waals surface area contributed by atoms with Gasteiger partial charge in [0, 0.05) is 6.61 Å². The fourth-order valence-electron chi connectivity index (χ4n) is 0.810. The molecule has 0 aliphatic carbocycles. The van der Waals surface area contributed by atoms with Gasteiger partial charge in [-0.25, -0.2) is 0 Å². The first-order chi connectivity index (χ1) is 4.43. The molecule has 0 aromatic heterocycles. The van der Waals surface area contributed by atoms with E-state index in [9.17, 15) is 0 Å². The summed E-state index contributed by atoms with van der Waals surface area (Å²) < 4.78 is 10.3. The molecule has 1 heterocycles. The van der Waals surface area contributed by atoms with E-state index in [2.05, 4.69) is 5.92 Å². The zero-order valence-corrected chi connectivity index (χ0v) is 5.30. The summed E-state index contributed by atoms with van der Waals surface area (Å²) in [6.07, 6.45) is 6.23. The van der Waals surface area contributed by atoms with Crippen LogP contribution in [0, 0.1) is 12.3 Å². The van der Waals surface area contributed by atoms with E-state index in [0.717, 1.165) is 13.0 Å². The Morgan fingerprint density at radius 3 is 3.22 bits per heavy atom. The van der Waals surface area contributed by atoms with Gasteiger partial charge in [0.1, 0.15) is 6.61 Å². The van der Waals surface area contributed by atoms with Gasteiger partial charge in [0.15, 0.2) is 0 Å². The molecule has 0 bridgehead atoms. The van der Waals surface area contributed by atoms with E-state index >= 15 is 0 Å². The fraction of sp³-hybridized carbons (Fsp3) is 0.714. The van der Waals surface area contributed by atoms with Gasteiger partial charge in [-0.1, -0.05) is 5.92 Å². The highest BCUT2D eigenvalue weighted by atomic mass is 16.5. The zero-order valence-electron chi connectivity index (χ0n) is 5.30. The predicted octanol–water partition coefficient (Wildman–Crippen LogP) is 0.425. The maximum Gasteiger partial charge on any atom is 0.107 e. The van der Waals surface area contributed by atoms with Crippen LogP contribution in [0.2, 0.25) is 0 Å². The Bertz CT molecular complexity index is 109. The molecule has 0 radical (unpaired) electrons. The van der Waals surface area contributed by atoms with E-state index in [1.165, 1.54) is 0 Å². The topological polar surface area (TPSA) is 18.5 Å². The second-order valence-corrected chi connectivity index (χ2v) is 2.00. The van der Waals surface area contributed by atoms with E-state index in [1.807, 2.05) is 0 Å². The van der Waals surface area contributed by atoms with Crippen LogP contribution in [0.4, 0.5) is 0 Å². The molecule has 0 unspecified atom stereocenters. The largest absolute Gasteiger partial charge is 0.379 e. The minimum atomic E-state index is 0.251. The monoisotopic (exact) mass is 126 g/mol. The highest BCUT2D eigenvalue weighted by molar-refractivity contribution is 4.83. The van der Waals surface area contributed by atoms with Crippen molar-refractivity contribution in [1.29, 1.82) is 0 Å². The Morgan fingerprint density at radius 2 is 2.67 bits per heavy atom.